The van der Waals surface area contributed by atoms with Crippen molar-refractivity contribution in [2.45, 2.75) is 52.5 Å². The second-order valence-electron chi connectivity index (χ2n) is 7.45. The molecule has 1 aliphatic carbocycles. The van der Waals surface area contributed by atoms with E-state index in [9.17, 15) is 4.79 Å². The van der Waals surface area contributed by atoms with Crippen LogP contribution in [0.4, 0.5) is 5.69 Å². The third-order valence-electron chi connectivity index (χ3n) is 4.11. The Morgan fingerprint density at radius 3 is 2.56 bits per heavy atom. The van der Waals surface area contributed by atoms with Crippen LogP contribution in [-0.4, -0.2) is 17.2 Å². The summed E-state index contributed by atoms with van der Waals surface area (Å²) in [6, 6.07) is 9.84. The molecule has 2 N–H and O–H groups in total. The van der Waals surface area contributed by atoms with Crippen LogP contribution in [0.15, 0.2) is 39.9 Å². The van der Waals surface area contributed by atoms with Crippen LogP contribution in [0.3, 0.4) is 0 Å². The molecule has 25 heavy (non-hydrogen) atoms. The van der Waals surface area contributed by atoms with E-state index in [1.807, 2.05) is 58.0 Å². The zero-order valence-corrected chi connectivity index (χ0v) is 15.3. The summed E-state index contributed by atoms with van der Waals surface area (Å²) in [5, 5.41) is 7.55. The lowest BCUT2D eigenvalue weighted by Crippen LogP contribution is -2.40. The van der Waals surface area contributed by atoms with Gasteiger partial charge in [0.15, 0.2) is 5.76 Å². The summed E-state index contributed by atoms with van der Waals surface area (Å²) in [6.07, 6.45) is 2.67. The molecule has 132 valence electrons. The molecule has 0 radical (unpaired) electrons. The average Bonchev–Trinajstić information content (AvgIpc) is 2.90. The van der Waals surface area contributed by atoms with Crippen LogP contribution >= 0.6 is 0 Å². The number of hydrogen-bond acceptors (Lipinski definition) is 4. The Hall–Kier alpha value is -2.56. The Balaban J connectivity index is 1.89. The molecule has 0 spiro atoms. The third-order valence-corrected chi connectivity index (χ3v) is 4.11. The van der Waals surface area contributed by atoms with Gasteiger partial charge in [-0.25, -0.2) is 0 Å². The van der Waals surface area contributed by atoms with E-state index in [-0.39, 0.29) is 11.4 Å². The number of carbonyl (C=O) groups excluding carboxylic acids is 1. The number of para-hydroxylation sites is 1. The van der Waals surface area contributed by atoms with Gasteiger partial charge in [0.2, 0.25) is 0 Å². The molecule has 0 unspecified atom stereocenters. The summed E-state index contributed by atoms with van der Waals surface area (Å²) in [5.74, 6) is 1.08. The van der Waals surface area contributed by atoms with E-state index >= 15 is 0 Å². The molecule has 0 aliphatic heterocycles. The van der Waals surface area contributed by atoms with Gasteiger partial charge in [0.1, 0.15) is 5.76 Å². The van der Waals surface area contributed by atoms with E-state index in [1.165, 1.54) is 0 Å². The number of rotatable bonds is 3. The van der Waals surface area contributed by atoms with Crippen molar-refractivity contribution < 1.29 is 9.21 Å². The molecule has 3 rings (SSSR count). The largest absolute Gasteiger partial charge is 0.455 e. The van der Waals surface area contributed by atoms with Gasteiger partial charge in [0.05, 0.1) is 11.4 Å². The van der Waals surface area contributed by atoms with Crippen molar-refractivity contribution in [3.05, 3.63) is 53.0 Å². The highest BCUT2D eigenvalue weighted by atomic mass is 16.4. The Morgan fingerprint density at radius 1 is 1.16 bits per heavy atom. The van der Waals surface area contributed by atoms with Crippen molar-refractivity contribution in [2.24, 2.45) is 5.10 Å². The second-order valence-corrected chi connectivity index (χ2v) is 7.45. The summed E-state index contributed by atoms with van der Waals surface area (Å²) < 4.78 is 5.91. The SMILES string of the molecule is Cc1c(C(=O)NC(C)(C)C)oc2c1/C(=N/Nc1ccccc1)CCC2. The fourth-order valence-electron chi connectivity index (χ4n) is 3.04. The number of nitrogens with zero attached hydrogens (tertiary/aromatic N) is 1. The van der Waals surface area contributed by atoms with Crippen molar-refractivity contribution in [1.29, 1.82) is 0 Å². The number of anilines is 1. The van der Waals surface area contributed by atoms with Gasteiger partial charge < -0.3 is 9.73 Å². The lowest BCUT2D eigenvalue weighted by molar-refractivity contribution is 0.0888. The van der Waals surface area contributed by atoms with Crippen LogP contribution in [-0.2, 0) is 6.42 Å². The fraction of sp³-hybridized carbons (Fsp3) is 0.400. The van der Waals surface area contributed by atoms with Gasteiger partial charge in [0.25, 0.3) is 5.91 Å². The average molecular weight is 339 g/mol. The first kappa shape index (κ1) is 17.3. The van der Waals surface area contributed by atoms with Crippen molar-refractivity contribution in [2.75, 3.05) is 5.43 Å². The molecule has 0 fully saturated rings. The molecular weight excluding hydrogens is 314 g/mol. The summed E-state index contributed by atoms with van der Waals surface area (Å²) in [5.41, 5.74) is 6.53. The summed E-state index contributed by atoms with van der Waals surface area (Å²) in [6.45, 7) is 7.81. The number of nitrogens with one attached hydrogen (secondary N) is 2. The molecular formula is C20H25N3O2. The van der Waals surface area contributed by atoms with Gasteiger partial charge in [-0.1, -0.05) is 18.2 Å². The number of furan rings is 1. The minimum absolute atomic E-state index is 0.172. The van der Waals surface area contributed by atoms with Gasteiger partial charge in [-0.3, -0.25) is 10.2 Å². The molecule has 5 nitrogen and oxygen atoms in total. The molecule has 1 aromatic heterocycles. The lowest BCUT2D eigenvalue weighted by Gasteiger charge is -2.19. The number of carbonyl (C=O) groups is 1. The number of benzene rings is 1. The molecule has 2 aromatic rings. The third kappa shape index (κ3) is 3.92. The fourth-order valence-corrected chi connectivity index (χ4v) is 3.04. The van der Waals surface area contributed by atoms with Gasteiger partial charge in [0, 0.05) is 23.1 Å². The zero-order valence-electron chi connectivity index (χ0n) is 15.3. The van der Waals surface area contributed by atoms with Crippen LogP contribution in [0.25, 0.3) is 0 Å². The number of aryl methyl sites for hydroxylation is 1. The summed E-state index contributed by atoms with van der Waals surface area (Å²) in [4.78, 5) is 12.5. The molecule has 0 atom stereocenters. The van der Waals surface area contributed by atoms with Crippen LogP contribution in [0.2, 0.25) is 0 Å². The van der Waals surface area contributed by atoms with Crippen molar-refractivity contribution in [3.63, 3.8) is 0 Å². The van der Waals surface area contributed by atoms with E-state index in [0.29, 0.717) is 5.76 Å². The first-order chi connectivity index (χ1) is 11.8. The van der Waals surface area contributed by atoms with Crippen molar-refractivity contribution in [3.8, 4) is 0 Å². The first-order valence-electron chi connectivity index (χ1n) is 8.68. The molecule has 1 heterocycles. The van der Waals surface area contributed by atoms with Gasteiger partial charge in [-0.2, -0.15) is 5.10 Å². The number of amides is 1. The van der Waals surface area contributed by atoms with E-state index in [4.69, 9.17) is 4.42 Å². The highest BCUT2D eigenvalue weighted by molar-refractivity contribution is 6.06. The predicted molar refractivity (Wildman–Crippen MR) is 100 cm³/mol. The van der Waals surface area contributed by atoms with Gasteiger partial charge >= 0.3 is 0 Å². The molecule has 1 aliphatic rings. The molecule has 1 aromatic carbocycles. The Kier molecular flexibility index (Phi) is 4.66. The quantitative estimate of drug-likeness (QED) is 0.821. The van der Waals surface area contributed by atoms with Crippen molar-refractivity contribution in [1.82, 2.24) is 5.32 Å². The van der Waals surface area contributed by atoms with E-state index in [0.717, 1.165) is 47.5 Å². The monoisotopic (exact) mass is 339 g/mol. The standard InChI is InChI=1S/C20H25N3O2/c1-13-17-15(23-22-14-9-6-5-7-10-14)11-8-12-16(17)25-18(13)19(24)21-20(2,3)4/h5-7,9-10,22H,8,11-12H2,1-4H3,(H,21,24)/b23-15+. The first-order valence-corrected chi connectivity index (χ1v) is 8.68. The molecule has 5 heteroatoms. The molecule has 0 saturated carbocycles. The Bertz CT molecular complexity index is 798. The Labute approximate surface area is 148 Å². The number of hydrazone groups is 1. The highest BCUT2D eigenvalue weighted by Crippen LogP contribution is 2.30. The maximum Gasteiger partial charge on any atom is 0.287 e. The number of fused-ring (bicyclic) bond motifs is 1. The number of hydrogen-bond donors (Lipinski definition) is 2. The smallest absolute Gasteiger partial charge is 0.287 e. The molecule has 0 bridgehead atoms. The predicted octanol–water partition coefficient (Wildman–Crippen LogP) is 4.27. The maximum atomic E-state index is 12.5. The van der Waals surface area contributed by atoms with Crippen molar-refractivity contribution >= 4 is 17.3 Å². The zero-order chi connectivity index (χ0) is 18.0. The molecule has 0 saturated heterocycles. The van der Waals surface area contributed by atoms with Crippen LogP contribution in [0, 0.1) is 6.92 Å². The van der Waals surface area contributed by atoms with Crippen LogP contribution in [0.1, 0.15) is 61.1 Å². The normalized spacial score (nSPS) is 15.8. The summed E-state index contributed by atoms with van der Waals surface area (Å²) >= 11 is 0. The summed E-state index contributed by atoms with van der Waals surface area (Å²) in [7, 11) is 0. The lowest BCUT2D eigenvalue weighted by atomic mass is 9.93. The minimum Gasteiger partial charge on any atom is -0.455 e. The van der Waals surface area contributed by atoms with Gasteiger partial charge in [-0.15, -0.1) is 0 Å². The van der Waals surface area contributed by atoms with E-state index < -0.39 is 0 Å². The molecule has 1 amide bonds. The maximum absolute atomic E-state index is 12.5. The van der Waals surface area contributed by atoms with E-state index in [1.54, 1.807) is 0 Å². The Morgan fingerprint density at radius 2 is 1.88 bits per heavy atom. The minimum atomic E-state index is -0.303. The van der Waals surface area contributed by atoms with Crippen LogP contribution < -0.4 is 10.7 Å². The second kappa shape index (κ2) is 6.75. The highest BCUT2D eigenvalue weighted by Gasteiger charge is 2.29. The van der Waals surface area contributed by atoms with E-state index in [2.05, 4.69) is 15.8 Å². The van der Waals surface area contributed by atoms with Gasteiger partial charge in [-0.05, 0) is 52.7 Å². The van der Waals surface area contributed by atoms with Crippen LogP contribution in [0.5, 0.6) is 0 Å². The topological polar surface area (TPSA) is 66.6 Å².